The molecule has 2 aromatic rings. The van der Waals surface area contributed by atoms with Gasteiger partial charge >= 0.3 is 0 Å². The van der Waals surface area contributed by atoms with Crippen molar-refractivity contribution in [2.45, 2.75) is 52.6 Å². The van der Waals surface area contributed by atoms with Crippen LogP contribution in [-0.2, 0) is 24.9 Å². The first kappa shape index (κ1) is 16.8. The van der Waals surface area contributed by atoms with Gasteiger partial charge in [0, 0.05) is 31.5 Å². The van der Waals surface area contributed by atoms with E-state index in [1.807, 2.05) is 26.8 Å². The highest BCUT2D eigenvalue weighted by molar-refractivity contribution is 5.25. The van der Waals surface area contributed by atoms with E-state index in [0.717, 1.165) is 35.6 Å². The molecule has 128 valence electrons. The summed E-state index contributed by atoms with van der Waals surface area (Å²) in [7, 11) is 0. The number of hydrogen-bond acceptors (Lipinski definition) is 3. The number of aromatic amines is 1. The number of halogens is 1. The van der Waals surface area contributed by atoms with Crippen molar-refractivity contribution < 1.29 is 4.39 Å². The maximum atomic E-state index is 13.7. The average Bonchev–Trinajstić information content (AvgIpc) is 2.50. The molecule has 0 spiro atoms. The van der Waals surface area contributed by atoms with Gasteiger partial charge in [-0.2, -0.15) is 0 Å². The van der Waals surface area contributed by atoms with E-state index in [1.165, 1.54) is 0 Å². The minimum absolute atomic E-state index is 0.0512. The SMILES string of the molecule is Cc1ccc(CN2CCc3nc(C(C)(C)C)[nH]c(=O)c3C2)cc1F. The van der Waals surface area contributed by atoms with Gasteiger partial charge in [-0.05, 0) is 24.1 Å². The molecule has 0 unspecified atom stereocenters. The number of nitrogens with one attached hydrogen (secondary N) is 1. The molecule has 0 saturated carbocycles. The smallest absolute Gasteiger partial charge is 0.255 e. The Morgan fingerprint density at radius 1 is 1.33 bits per heavy atom. The van der Waals surface area contributed by atoms with Crippen molar-refractivity contribution in [1.29, 1.82) is 0 Å². The summed E-state index contributed by atoms with van der Waals surface area (Å²) in [5.41, 5.74) is 2.99. The number of aromatic nitrogens is 2. The molecule has 1 aliphatic rings. The molecule has 4 nitrogen and oxygen atoms in total. The van der Waals surface area contributed by atoms with Crippen LogP contribution in [0.2, 0.25) is 0 Å². The van der Waals surface area contributed by atoms with E-state index in [0.29, 0.717) is 18.7 Å². The molecule has 1 aromatic heterocycles. The number of nitrogens with zero attached hydrogens (tertiary/aromatic N) is 2. The maximum absolute atomic E-state index is 13.7. The molecule has 2 heterocycles. The van der Waals surface area contributed by atoms with E-state index in [9.17, 15) is 9.18 Å². The molecule has 0 atom stereocenters. The lowest BCUT2D eigenvalue weighted by Gasteiger charge is -2.29. The first-order chi connectivity index (χ1) is 11.2. The van der Waals surface area contributed by atoms with Crippen LogP contribution in [0.25, 0.3) is 0 Å². The van der Waals surface area contributed by atoms with Crippen LogP contribution in [0.1, 0.15) is 49.0 Å². The van der Waals surface area contributed by atoms with Crippen LogP contribution in [0.3, 0.4) is 0 Å². The summed E-state index contributed by atoms with van der Waals surface area (Å²) in [5, 5.41) is 0. The van der Waals surface area contributed by atoms with Crippen molar-refractivity contribution in [3.8, 4) is 0 Å². The Bertz CT molecular complexity index is 820. The fourth-order valence-corrected chi connectivity index (χ4v) is 2.96. The number of benzene rings is 1. The second kappa shape index (κ2) is 6.13. The molecule has 0 saturated heterocycles. The minimum Gasteiger partial charge on any atom is -0.310 e. The van der Waals surface area contributed by atoms with E-state index in [2.05, 4.69) is 14.9 Å². The number of H-pyrrole nitrogens is 1. The zero-order chi connectivity index (χ0) is 17.5. The average molecular weight is 329 g/mol. The van der Waals surface area contributed by atoms with Crippen molar-refractivity contribution in [2.24, 2.45) is 0 Å². The molecule has 1 aromatic carbocycles. The van der Waals surface area contributed by atoms with Crippen LogP contribution < -0.4 is 5.56 Å². The quantitative estimate of drug-likeness (QED) is 0.921. The molecule has 3 rings (SSSR count). The summed E-state index contributed by atoms with van der Waals surface area (Å²) in [6, 6.07) is 5.32. The van der Waals surface area contributed by atoms with Gasteiger partial charge in [0.15, 0.2) is 0 Å². The van der Waals surface area contributed by atoms with Crippen LogP contribution in [0.5, 0.6) is 0 Å². The van der Waals surface area contributed by atoms with Gasteiger partial charge in [-0.15, -0.1) is 0 Å². The Balaban J connectivity index is 1.82. The fourth-order valence-electron chi connectivity index (χ4n) is 2.96. The zero-order valence-corrected chi connectivity index (χ0v) is 14.7. The Hall–Kier alpha value is -2.01. The van der Waals surface area contributed by atoms with Crippen molar-refractivity contribution >= 4 is 0 Å². The summed E-state index contributed by atoms with van der Waals surface area (Å²) in [5.74, 6) is 0.555. The third-order valence-corrected chi connectivity index (χ3v) is 4.50. The van der Waals surface area contributed by atoms with E-state index >= 15 is 0 Å². The summed E-state index contributed by atoms with van der Waals surface area (Å²) < 4.78 is 13.7. The predicted molar refractivity (Wildman–Crippen MR) is 92.5 cm³/mol. The third kappa shape index (κ3) is 3.41. The van der Waals surface area contributed by atoms with Crippen LogP contribution >= 0.6 is 0 Å². The Morgan fingerprint density at radius 3 is 2.75 bits per heavy atom. The lowest BCUT2D eigenvalue weighted by molar-refractivity contribution is 0.240. The molecule has 5 heteroatoms. The molecule has 1 aliphatic heterocycles. The monoisotopic (exact) mass is 329 g/mol. The largest absolute Gasteiger partial charge is 0.310 e. The number of rotatable bonds is 2. The molecule has 0 fully saturated rings. The minimum atomic E-state index is -0.181. The molecule has 24 heavy (non-hydrogen) atoms. The standard InChI is InChI=1S/C19H24FN3O/c1-12-5-6-13(9-15(12)20)10-23-8-7-16-14(11-23)17(24)22-18(21-16)19(2,3)4/h5-6,9H,7-8,10-11H2,1-4H3,(H,21,22,24). The number of hydrogen-bond donors (Lipinski definition) is 1. The van der Waals surface area contributed by atoms with Gasteiger partial charge in [-0.1, -0.05) is 32.9 Å². The maximum Gasteiger partial charge on any atom is 0.255 e. The summed E-state index contributed by atoms with van der Waals surface area (Å²) in [4.78, 5) is 22.2. The van der Waals surface area contributed by atoms with Crippen molar-refractivity contribution in [3.63, 3.8) is 0 Å². The van der Waals surface area contributed by atoms with Gasteiger partial charge < -0.3 is 4.98 Å². The van der Waals surface area contributed by atoms with Crippen LogP contribution in [0.15, 0.2) is 23.0 Å². The van der Waals surface area contributed by atoms with Gasteiger partial charge in [-0.3, -0.25) is 9.69 Å². The van der Waals surface area contributed by atoms with Gasteiger partial charge in [0.1, 0.15) is 11.6 Å². The van der Waals surface area contributed by atoms with E-state index < -0.39 is 0 Å². The van der Waals surface area contributed by atoms with Crippen LogP contribution in [0.4, 0.5) is 4.39 Å². The molecule has 0 radical (unpaired) electrons. The lowest BCUT2D eigenvalue weighted by Crippen LogP contribution is -2.37. The van der Waals surface area contributed by atoms with Crippen molar-refractivity contribution in [1.82, 2.24) is 14.9 Å². The van der Waals surface area contributed by atoms with Crippen molar-refractivity contribution in [3.05, 3.63) is 62.6 Å². The van der Waals surface area contributed by atoms with E-state index in [-0.39, 0.29) is 16.8 Å². The first-order valence-corrected chi connectivity index (χ1v) is 8.34. The third-order valence-electron chi connectivity index (χ3n) is 4.50. The number of fused-ring (bicyclic) bond motifs is 1. The molecule has 0 bridgehead atoms. The van der Waals surface area contributed by atoms with Gasteiger partial charge in [-0.25, -0.2) is 9.37 Å². The topological polar surface area (TPSA) is 49.0 Å². The summed E-state index contributed by atoms with van der Waals surface area (Å²) >= 11 is 0. The first-order valence-electron chi connectivity index (χ1n) is 8.34. The highest BCUT2D eigenvalue weighted by atomic mass is 19.1. The lowest BCUT2D eigenvalue weighted by atomic mass is 9.95. The Morgan fingerprint density at radius 2 is 2.08 bits per heavy atom. The second-order valence-electron chi connectivity index (χ2n) is 7.63. The Kier molecular flexibility index (Phi) is 4.30. The predicted octanol–water partition coefficient (Wildman–Crippen LogP) is 3.07. The highest BCUT2D eigenvalue weighted by Gasteiger charge is 2.24. The molecular weight excluding hydrogens is 305 g/mol. The molecule has 0 amide bonds. The molecular formula is C19H24FN3O. The van der Waals surface area contributed by atoms with E-state index in [1.54, 1.807) is 19.1 Å². The van der Waals surface area contributed by atoms with E-state index in [4.69, 9.17) is 0 Å². The van der Waals surface area contributed by atoms with Gasteiger partial charge in [0.05, 0.1) is 11.3 Å². The van der Waals surface area contributed by atoms with Crippen LogP contribution in [-0.4, -0.2) is 21.4 Å². The Labute approximate surface area is 141 Å². The van der Waals surface area contributed by atoms with Crippen LogP contribution in [0, 0.1) is 12.7 Å². The normalized spacial score (nSPS) is 15.4. The molecule has 1 N–H and O–H groups in total. The zero-order valence-electron chi connectivity index (χ0n) is 14.7. The van der Waals surface area contributed by atoms with Gasteiger partial charge in [0.25, 0.3) is 5.56 Å². The fraction of sp³-hybridized carbons (Fsp3) is 0.474. The summed E-state index contributed by atoms with van der Waals surface area (Å²) in [6.07, 6.45) is 0.747. The second-order valence-corrected chi connectivity index (χ2v) is 7.63. The highest BCUT2D eigenvalue weighted by Crippen LogP contribution is 2.21. The number of aryl methyl sites for hydroxylation is 1. The van der Waals surface area contributed by atoms with Gasteiger partial charge in [0.2, 0.25) is 0 Å². The summed E-state index contributed by atoms with van der Waals surface area (Å²) in [6.45, 7) is 9.89. The van der Waals surface area contributed by atoms with Crippen molar-refractivity contribution in [2.75, 3.05) is 6.54 Å². The molecule has 0 aliphatic carbocycles.